The fraction of sp³-hybridized carbons (Fsp3) is 0.435. The third-order valence-corrected chi connectivity index (χ3v) is 4.67. The van der Waals surface area contributed by atoms with Crippen LogP contribution in [0.1, 0.15) is 62.0 Å². The first kappa shape index (κ1) is 28.9. The van der Waals surface area contributed by atoms with E-state index >= 15 is 0 Å². The molecule has 2 aromatic rings. The summed E-state index contributed by atoms with van der Waals surface area (Å²) >= 11 is 0. The average molecular weight is 498 g/mol. The van der Waals surface area contributed by atoms with Gasteiger partial charge >= 0.3 is 33.0 Å². The van der Waals surface area contributed by atoms with Crippen molar-refractivity contribution in [2.45, 2.75) is 46.1 Å². The van der Waals surface area contributed by atoms with Crippen LogP contribution in [0.3, 0.4) is 0 Å². The van der Waals surface area contributed by atoms with Gasteiger partial charge in [-0.1, -0.05) is 52.0 Å². The monoisotopic (exact) mass is 497 g/mol. The molecule has 0 fully saturated rings. The molecule has 33 heavy (non-hydrogen) atoms. The molecule has 0 radical (unpaired) electrons. The SMILES string of the molecule is CC(C)c1cc(/C=C/c2ccc(N(C)C)cc2)cc(C(C)C)[n+]1CCN.F[P-](F)(F)(F)(F)F. The molecule has 3 nitrogen and oxygen atoms in total. The predicted octanol–water partition coefficient (Wildman–Crippen LogP) is 7.80. The molecule has 0 atom stereocenters. The van der Waals surface area contributed by atoms with Crippen LogP contribution in [0.4, 0.5) is 30.9 Å². The summed E-state index contributed by atoms with van der Waals surface area (Å²) in [6.45, 7) is 10.5. The van der Waals surface area contributed by atoms with E-state index in [1.54, 1.807) is 0 Å². The van der Waals surface area contributed by atoms with Gasteiger partial charge in [-0.15, -0.1) is 0 Å². The molecule has 10 heteroatoms. The Morgan fingerprint density at radius 1 is 0.818 bits per heavy atom. The summed E-state index contributed by atoms with van der Waals surface area (Å²) in [7, 11) is -6.53. The number of hydrogen-bond acceptors (Lipinski definition) is 2. The zero-order valence-corrected chi connectivity index (χ0v) is 20.8. The fourth-order valence-corrected chi connectivity index (χ4v) is 3.20. The molecule has 0 saturated carbocycles. The van der Waals surface area contributed by atoms with Crippen LogP contribution in [0.2, 0.25) is 0 Å². The summed E-state index contributed by atoms with van der Waals surface area (Å²) in [6, 6.07) is 13.2. The quantitative estimate of drug-likeness (QED) is 0.241. The van der Waals surface area contributed by atoms with Crippen LogP contribution >= 0.6 is 7.81 Å². The van der Waals surface area contributed by atoms with Crippen molar-refractivity contribution in [2.24, 2.45) is 5.73 Å². The van der Waals surface area contributed by atoms with Gasteiger partial charge < -0.3 is 10.6 Å². The van der Waals surface area contributed by atoms with Gasteiger partial charge in [0.05, 0.1) is 6.54 Å². The number of pyridine rings is 1. The maximum absolute atomic E-state index is 10.7. The first-order valence-electron chi connectivity index (χ1n) is 10.6. The third-order valence-electron chi connectivity index (χ3n) is 4.67. The Balaban J connectivity index is 0.000000675. The van der Waals surface area contributed by atoms with E-state index in [2.05, 4.69) is 99.8 Å². The predicted molar refractivity (Wildman–Crippen MR) is 127 cm³/mol. The minimum absolute atomic E-state index is 0.465. The Morgan fingerprint density at radius 2 is 1.21 bits per heavy atom. The van der Waals surface area contributed by atoms with Crippen LogP contribution in [0.5, 0.6) is 0 Å². The third kappa shape index (κ3) is 12.1. The van der Waals surface area contributed by atoms with Crippen LogP contribution in [0.25, 0.3) is 12.2 Å². The zero-order valence-electron chi connectivity index (χ0n) is 19.9. The van der Waals surface area contributed by atoms with Crippen molar-refractivity contribution in [1.82, 2.24) is 0 Å². The van der Waals surface area contributed by atoms with Gasteiger partial charge in [-0.05, 0) is 23.3 Å². The van der Waals surface area contributed by atoms with E-state index < -0.39 is 7.81 Å². The second-order valence-electron chi connectivity index (χ2n) is 8.67. The summed E-state index contributed by atoms with van der Waals surface area (Å²) in [5, 5.41) is 0. The molecule has 2 N–H and O–H groups in total. The van der Waals surface area contributed by atoms with Gasteiger partial charge in [0.1, 0.15) is 0 Å². The number of nitrogens with zero attached hydrogens (tertiary/aromatic N) is 2. The Labute approximate surface area is 192 Å². The number of benzene rings is 1. The normalized spacial score (nSPS) is 14.2. The van der Waals surface area contributed by atoms with E-state index in [0.29, 0.717) is 18.4 Å². The molecule has 1 heterocycles. The first-order chi connectivity index (χ1) is 14.8. The van der Waals surface area contributed by atoms with E-state index in [4.69, 9.17) is 5.73 Å². The van der Waals surface area contributed by atoms with Gasteiger partial charge in [0, 0.05) is 43.8 Å². The molecular formula is C23H34F6N3P. The second kappa shape index (κ2) is 10.0. The summed E-state index contributed by atoms with van der Waals surface area (Å²) < 4.78 is 61.6. The molecule has 0 amide bonds. The Morgan fingerprint density at radius 3 is 1.55 bits per heavy atom. The molecule has 0 spiro atoms. The molecule has 0 saturated heterocycles. The van der Waals surface area contributed by atoms with Crippen molar-refractivity contribution in [2.75, 3.05) is 25.5 Å². The van der Waals surface area contributed by atoms with E-state index in [1.807, 2.05) is 0 Å². The van der Waals surface area contributed by atoms with Crippen LogP contribution in [-0.2, 0) is 6.54 Å². The van der Waals surface area contributed by atoms with Gasteiger partial charge in [-0.25, -0.2) is 0 Å². The topological polar surface area (TPSA) is 33.1 Å². The van der Waals surface area contributed by atoms with Crippen molar-refractivity contribution in [3.63, 3.8) is 0 Å². The second-order valence-corrected chi connectivity index (χ2v) is 10.6. The minimum atomic E-state index is -10.7. The van der Waals surface area contributed by atoms with Gasteiger partial charge in [0.2, 0.25) is 0 Å². The summed E-state index contributed by atoms with van der Waals surface area (Å²) in [6.07, 6.45) is 4.41. The van der Waals surface area contributed by atoms with E-state index in [0.717, 1.165) is 6.54 Å². The van der Waals surface area contributed by atoms with Gasteiger partial charge in [-0.3, -0.25) is 0 Å². The molecule has 1 aromatic carbocycles. The first-order valence-corrected chi connectivity index (χ1v) is 12.6. The van der Waals surface area contributed by atoms with Crippen LogP contribution in [0, 0.1) is 0 Å². The van der Waals surface area contributed by atoms with Gasteiger partial charge in [0.15, 0.2) is 17.9 Å². The Kier molecular flexibility index (Phi) is 8.78. The van der Waals surface area contributed by atoms with E-state index in [9.17, 15) is 25.2 Å². The van der Waals surface area contributed by atoms with Gasteiger partial charge in [0.25, 0.3) is 0 Å². The summed E-state index contributed by atoms with van der Waals surface area (Å²) in [5.41, 5.74) is 12.3. The van der Waals surface area contributed by atoms with Crippen molar-refractivity contribution in [1.29, 1.82) is 0 Å². The number of halogens is 6. The Hall–Kier alpha value is -2.12. The number of anilines is 1. The fourth-order valence-electron chi connectivity index (χ4n) is 3.20. The summed E-state index contributed by atoms with van der Waals surface area (Å²) in [4.78, 5) is 2.12. The number of aromatic nitrogens is 1. The molecule has 188 valence electrons. The molecule has 0 aliphatic heterocycles. The van der Waals surface area contributed by atoms with Gasteiger partial charge in [-0.2, -0.15) is 4.57 Å². The summed E-state index contributed by atoms with van der Waals surface area (Å²) in [5.74, 6) is 0.929. The molecule has 0 aliphatic rings. The number of nitrogens with two attached hydrogens (primary N) is 1. The molecule has 2 rings (SSSR count). The molecule has 0 bridgehead atoms. The maximum atomic E-state index is 9.87. The van der Waals surface area contributed by atoms with Crippen LogP contribution < -0.4 is 15.2 Å². The molecule has 0 aliphatic carbocycles. The molecular weight excluding hydrogens is 463 g/mol. The Bertz CT molecular complexity index is 911. The van der Waals surface area contributed by atoms with Crippen molar-refractivity contribution < 1.29 is 29.7 Å². The van der Waals surface area contributed by atoms with Crippen molar-refractivity contribution in [3.05, 3.63) is 58.9 Å². The number of rotatable bonds is 7. The van der Waals surface area contributed by atoms with Crippen molar-refractivity contribution >= 4 is 25.6 Å². The molecule has 1 aromatic heterocycles. The van der Waals surface area contributed by atoms with Crippen LogP contribution in [0.15, 0.2) is 36.4 Å². The van der Waals surface area contributed by atoms with Crippen molar-refractivity contribution in [3.8, 4) is 0 Å². The molecule has 0 unspecified atom stereocenters. The zero-order chi connectivity index (χ0) is 25.7. The standard InChI is InChI=1S/C23H34N3.F6P/c1-17(2)22-15-20(16-23(18(3)4)26(22)14-13-24)8-7-19-9-11-21(12-10-19)25(5)6;1-7(2,3,4,5)6/h7-12,15-18H,13-14,24H2,1-6H3;/q+1;-1. The van der Waals surface area contributed by atoms with Crippen LogP contribution in [-0.4, -0.2) is 20.6 Å². The van der Waals surface area contributed by atoms with E-state index in [-0.39, 0.29) is 0 Å². The average Bonchev–Trinajstić information content (AvgIpc) is 2.64. The number of hydrogen-bond donors (Lipinski definition) is 1. The van der Waals surface area contributed by atoms with E-state index in [1.165, 1.54) is 28.2 Å².